The quantitative estimate of drug-likeness (QED) is 0.299. The molecule has 10 heteroatoms. The number of para-hydroxylation sites is 2. The number of nitrogens with one attached hydrogen (secondary N) is 2. The summed E-state index contributed by atoms with van der Waals surface area (Å²) in [5.74, 6) is -0.925. The number of nitrogens with zero attached hydrogens (tertiary/aromatic N) is 3. The summed E-state index contributed by atoms with van der Waals surface area (Å²) >= 11 is 0. The fourth-order valence-corrected chi connectivity index (χ4v) is 2.36. The Morgan fingerprint density at radius 3 is 2.54 bits per heavy atom. The van der Waals surface area contributed by atoms with Gasteiger partial charge in [-0.15, -0.1) is 0 Å². The molecule has 3 rings (SSSR count). The fraction of sp³-hybridized carbons (Fsp3) is 0.125. The van der Waals surface area contributed by atoms with Gasteiger partial charge < -0.3 is 25.9 Å². The highest BCUT2D eigenvalue weighted by Crippen LogP contribution is 2.24. The number of hydrogen-bond donors (Lipinski definition) is 4. The second-order valence-corrected chi connectivity index (χ2v) is 5.43. The molecule has 0 aliphatic rings. The van der Waals surface area contributed by atoms with E-state index in [4.69, 9.17) is 0 Å². The minimum atomic E-state index is -0.708. The van der Waals surface area contributed by atoms with Crippen molar-refractivity contribution >= 4 is 23.0 Å². The van der Waals surface area contributed by atoms with E-state index < -0.39 is 12.0 Å². The second-order valence-electron chi connectivity index (χ2n) is 5.43. The SMILES string of the molecule is O=C(NCCc1ccc(O)c(O)c1)Nc1n[n+]([O-])c2ccccc2[n+]1[O-]. The number of rotatable bonds is 4. The number of phenolic OH excluding ortho intramolecular Hbond substituents is 2. The molecule has 134 valence electrons. The number of aromatic hydroxyl groups is 2. The Hall–Kier alpha value is -3.82. The standard InChI is InChI=1S/C16H15N5O5/c22-13-6-5-10(9-14(13)23)7-8-17-16(24)18-15-19-21(26)12-4-2-1-3-11(12)20(15)25/h1-6,9,22-23H,7-8H2,(H2,17,18,19,24). The first kappa shape index (κ1) is 17.0. The van der Waals surface area contributed by atoms with Crippen molar-refractivity contribution in [3.8, 4) is 11.5 Å². The van der Waals surface area contributed by atoms with Crippen LogP contribution in [0, 0.1) is 10.4 Å². The molecule has 0 saturated heterocycles. The predicted octanol–water partition coefficient (Wildman–Crippen LogP) is 0.277. The van der Waals surface area contributed by atoms with Gasteiger partial charge in [0, 0.05) is 17.5 Å². The molecule has 0 radical (unpaired) electrons. The van der Waals surface area contributed by atoms with Crippen LogP contribution in [0.4, 0.5) is 10.7 Å². The van der Waals surface area contributed by atoms with Crippen molar-refractivity contribution in [2.24, 2.45) is 0 Å². The molecule has 0 saturated carbocycles. The van der Waals surface area contributed by atoms with E-state index in [0.29, 0.717) is 16.7 Å². The summed E-state index contributed by atoms with van der Waals surface area (Å²) in [5, 5.41) is 50.9. The molecular weight excluding hydrogens is 342 g/mol. The third kappa shape index (κ3) is 3.48. The van der Waals surface area contributed by atoms with Gasteiger partial charge in [0.15, 0.2) is 17.0 Å². The molecule has 0 bridgehead atoms. The number of fused-ring (bicyclic) bond motifs is 1. The van der Waals surface area contributed by atoms with Crippen molar-refractivity contribution in [1.29, 1.82) is 0 Å². The lowest BCUT2D eigenvalue weighted by Gasteiger charge is -2.09. The molecule has 26 heavy (non-hydrogen) atoms. The molecule has 0 spiro atoms. The molecule has 0 unspecified atom stereocenters. The first-order chi connectivity index (χ1) is 12.5. The predicted molar refractivity (Wildman–Crippen MR) is 90.2 cm³/mol. The lowest BCUT2D eigenvalue weighted by Crippen LogP contribution is -2.46. The molecule has 4 N–H and O–H groups in total. The topological polar surface area (TPSA) is 148 Å². The number of aromatic nitrogens is 3. The van der Waals surface area contributed by atoms with E-state index in [1.165, 1.54) is 24.3 Å². The number of carbonyl (C=O) groups is 1. The van der Waals surface area contributed by atoms with Crippen LogP contribution in [0.1, 0.15) is 5.56 Å². The van der Waals surface area contributed by atoms with Crippen LogP contribution in [-0.4, -0.2) is 27.9 Å². The zero-order valence-electron chi connectivity index (χ0n) is 13.4. The van der Waals surface area contributed by atoms with Crippen LogP contribution in [0.2, 0.25) is 0 Å². The van der Waals surface area contributed by atoms with Crippen molar-refractivity contribution < 1.29 is 24.6 Å². The largest absolute Gasteiger partial charge is 0.739 e. The zero-order chi connectivity index (χ0) is 18.7. The van der Waals surface area contributed by atoms with Gasteiger partial charge in [0.05, 0.1) is 0 Å². The molecule has 0 aliphatic heterocycles. The Balaban J connectivity index is 1.64. The highest BCUT2D eigenvalue weighted by atomic mass is 16.5. The van der Waals surface area contributed by atoms with Crippen molar-refractivity contribution in [2.45, 2.75) is 6.42 Å². The minimum Gasteiger partial charge on any atom is -0.739 e. The molecule has 0 aliphatic carbocycles. The number of benzene rings is 2. The van der Waals surface area contributed by atoms with E-state index in [9.17, 15) is 25.4 Å². The first-order valence-electron chi connectivity index (χ1n) is 7.63. The molecule has 3 aromatic rings. The van der Waals surface area contributed by atoms with Gasteiger partial charge in [0.2, 0.25) is 5.10 Å². The Kier molecular flexibility index (Phi) is 4.56. The Labute approximate surface area is 147 Å². The van der Waals surface area contributed by atoms with Gasteiger partial charge in [0.25, 0.3) is 5.52 Å². The maximum absolute atomic E-state index is 12.2. The molecule has 1 aromatic heterocycles. The number of phenols is 2. The average molecular weight is 357 g/mol. The summed E-state index contributed by atoms with van der Waals surface area (Å²) in [4.78, 5) is 12.2. The summed E-state index contributed by atoms with van der Waals surface area (Å²) < 4.78 is 0.362. The monoisotopic (exact) mass is 357 g/mol. The summed E-state index contributed by atoms with van der Waals surface area (Å²) in [6.45, 7) is 0.194. The van der Waals surface area contributed by atoms with Crippen molar-refractivity contribution in [2.75, 3.05) is 11.9 Å². The lowest BCUT2D eigenvalue weighted by molar-refractivity contribution is -0.672. The third-order valence-electron chi connectivity index (χ3n) is 3.65. The number of anilines is 1. The van der Waals surface area contributed by atoms with Crippen LogP contribution in [0.5, 0.6) is 11.5 Å². The van der Waals surface area contributed by atoms with Gasteiger partial charge in [-0.25, -0.2) is 9.52 Å². The van der Waals surface area contributed by atoms with E-state index >= 15 is 0 Å². The number of hydrogen-bond acceptors (Lipinski definition) is 6. The van der Waals surface area contributed by atoms with Crippen LogP contribution in [0.15, 0.2) is 42.5 Å². The normalized spacial score (nSPS) is 10.6. The van der Waals surface area contributed by atoms with Gasteiger partial charge in [-0.05, 0) is 30.2 Å². The van der Waals surface area contributed by atoms with Gasteiger partial charge in [0.1, 0.15) is 0 Å². The van der Waals surface area contributed by atoms with E-state index in [1.54, 1.807) is 18.2 Å². The van der Waals surface area contributed by atoms with Gasteiger partial charge in [-0.1, -0.05) is 18.2 Å². The number of carbonyl (C=O) groups excluding carboxylic acids is 1. The highest BCUT2D eigenvalue weighted by Gasteiger charge is 2.22. The molecular formula is C16H15N5O5. The summed E-state index contributed by atoms with van der Waals surface area (Å²) in [6.07, 6.45) is 0.380. The maximum atomic E-state index is 12.2. The Bertz CT molecular complexity index is 979. The van der Waals surface area contributed by atoms with E-state index in [2.05, 4.69) is 15.7 Å². The van der Waals surface area contributed by atoms with E-state index in [0.717, 1.165) is 0 Å². The molecule has 10 nitrogen and oxygen atoms in total. The molecule has 0 fully saturated rings. The van der Waals surface area contributed by atoms with E-state index in [-0.39, 0.29) is 33.9 Å². The summed E-state index contributed by atoms with van der Waals surface area (Å²) in [6, 6.07) is 9.70. The Morgan fingerprint density at radius 1 is 1.08 bits per heavy atom. The number of urea groups is 1. The summed E-state index contributed by atoms with van der Waals surface area (Å²) in [5.41, 5.74) is 0.855. The van der Waals surface area contributed by atoms with Crippen LogP contribution in [0.25, 0.3) is 11.0 Å². The second kappa shape index (κ2) is 6.97. The van der Waals surface area contributed by atoms with Crippen molar-refractivity contribution in [3.05, 3.63) is 58.4 Å². The molecule has 1 heterocycles. The van der Waals surface area contributed by atoms with Crippen molar-refractivity contribution in [3.63, 3.8) is 0 Å². The maximum Gasteiger partial charge on any atom is 0.469 e. The Morgan fingerprint density at radius 2 is 1.81 bits per heavy atom. The van der Waals surface area contributed by atoms with Gasteiger partial charge in [-0.3, -0.25) is 0 Å². The van der Waals surface area contributed by atoms with Crippen LogP contribution in [-0.2, 0) is 6.42 Å². The number of amides is 2. The molecule has 2 amide bonds. The van der Waals surface area contributed by atoms with Crippen LogP contribution >= 0.6 is 0 Å². The lowest BCUT2D eigenvalue weighted by atomic mass is 10.1. The average Bonchev–Trinajstić information content (AvgIpc) is 2.62. The summed E-state index contributed by atoms with van der Waals surface area (Å²) in [7, 11) is 0. The van der Waals surface area contributed by atoms with E-state index in [1.807, 2.05) is 0 Å². The molecule has 2 aromatic carbocycles. The zero-order valence-corrected chi connectivity index (χ0v) is 13.4. The minimum absolute atomic E-state index is 0.0763. The smallest absolute Gasteiger partial charge is 0.469 e. The fourth-order valence-electron chi connectivity index (χ4n) is 2.36. The third-order valence-corrected chi connectivity index (χ3v) is 3.65. The van der Waals surface area contributed by atoms with Crippen LogP contribution in [0.3, 0.4) is 0 Å². The van der Waals surface area contributed by atoms with Gasteiger partial charge >= 0.3 is 12.0 Å². The van der Waals surface area contributed by atoms with Crippen molar-refractivity contribution in [1.82, 2.24) is 10.4 Å². The molecule has 0 atom stereocenters. The first-order valence-corrected chi connectivity index (χ1v) is 7.63. The highest BCUT2D eigenvalue weighted by molar-refractivity contribution is 5.86. The van der Waals surface area contributed by atoms with Crippen LogP contribution < -0.4 is 20.2 Å². The van der Waals surface area contributed by atoms with Gasteiger partial charge in [-0.2, -0.15) is 5.32 Å².